The summed E-state index contributed by atoms with van der Waals surface area (Å²) < 4.78 is 37.3. The number of benzene rings is 1. The van der Waals surface area contributed by atoms with Gasteiger partial charge >= 0.3 is 5.97 Å². The zero-order valence-corrected chi connectivity index (χ0v) is 12.9. The summed E-state index contributed by atoms with van der Waals surface area (Å²) in [6.07, 6.45) is 0.780. The van der Waals surface area contributed by atoms with Crippen LogP contribution in [0.15, 0.2) is 23.1 Å². The molecule has 1 spiro atoms. The monoisotopic (exact) mass is 327 g/mol. The third kappa shape index (κ3) is 2.37. The van der Waals surface area contributed by atoms with Gasteiger partial charge in [0.05, 0.1) is 25.9 Å². The molecule has 1 aromatic carbocycles. The van der Waals surface area contributed by atoms with Crippen molar-refractivity contribution in [1.29, 1.82) is 0 Å². The van der Waals surface area contributed by atoms with Crippen LogP contribution in [0.3, 0.4) is 0 Å². The van der Waals surface area contributed by atoms with Gasteiger partial charge in [-0.05, 0) is 24.6 Å². The second-order valence-electron chi connectivity index (χ2n) is 5.75. The quantitative estimate of drug-likeness (QED) is 0.879. The van der Waals surface area contributed by atoms with Gasteiger partial charge in [-0.2, -0.15) is 4.31 Å². The summed E-state index contributed by atoms with van der Waals surface area (Å²) in [4.78, 5) is 11.0. The van der Waals surface area contributed by atoms with Gasteiger partial charge in [-0.25, -0.2) is 13.2 Å². The third-order valence-corrected chi connectivity index (χ3v) is 6.13. The summed E-state index contributed by atoms with van der Waals surface area (Å²) >= 11 is 0. The highest BCUT2D eigenvalue weighted by Crippen LogP contribution is 2.40. The first-order valence-electron chi connectivity index (χ1n) is 6.87. The molecule has 2 aliphatic rings. The minimum atomic E-state index is -3.71. The molecule has 1 aromatic rings. The molecule has 8 heteroatoms. The highest BCUT2D eigenvalue weighted by Gasteiger charge is 2.48. The molecular weight excluding hydrogens is 310 g/mol. The van der Waals surface area contributed by atoms with E-state index in [0.29, 0.717) is 26.3 Å². The van der Waals surface area contributed by atoms with Crippen molar-refractivity contribution in [2.24, 2.45) is 5.41 Å². The molecule has 120 valence electrons. The van der Waals surface area contributed by atoms with Gasteiger partial charge in [0, 0.05) is 18.5 Å². The van der Waals surface area contributed by atoms with Crippen LogP contribution in [0.1, 0.15) is 16.8 Å². The number of rotatable bonds is 4. The van der Waals surface area contributed by atoms with Gasteiger partial charge < -0.3 is 14.6 Å². The molecule has 0 radical (unpaired) electrons. The largest absolute Gasteiger partial charge is 0.495 e. The van der Waals surface area contributed by atoms with Crippen molar-refractivity contribution in [1.82, 2.24) is 4.31 Å². The first-order chi connectivity index (χ1) is 10.4. The van der Waals surface area contributed by atoms with Crippen molar-refractivity contribution >= 4 is 16.0 Å². The van der Waals surface area contributed by atoms with Gasteiger partial charge in [-0.1, -0.05) is 0 Å². The zero-order valence-electron chi connectivity index (χ0n) is 12.1. The number of carboxylic acids is 1. The van der Waals surface area contributed by atoms with E-state index in [1.807, 2.05) is 0 Å². The molecule has 7 nitrogen and oxygen atoms in total. The van der Waals surface area contributed by atoms with Crippen LogP contribution in [0.2, 0.25) is 0 Å². The molecule has 2 fully saturated rings. The van der Waals surface area contributed by atoms with Crippen molar-refractivity contribution in [3.63, 3.8) is 0 Å². The average molecular weight is 327 g/mol. The second kappa shape index (κ2) is 5.22. The first kappa shape index (κ1) is 15.3. The van der Waals surface area contributed by atoms with Gasteiger partial charge in [0.2, 0.25) is 10.0 Å². The van der Waals surface area contributed by atoms with Crippen LogP contribution >= 0.6 is 0 Å². The number of ether oxygens (including phenoxy) is 2. The molecule has 2 saturated heterocycles. The van der Waals surface area contributed by atoms with Crippen LogP contribution in [-0.4, -0.2) is 57.2 Å². The molecule has 2 aliphatic heterocycles. The van der Waals surface area contributed by atoms with Crippen LogP contribution in [0.25, 0.3) is 0 Å². The second-order valence-corrected chi connectivity index (χ2v) is 7.66. The molecule has 1 N–H and O–H groups in total. The van der Waals surface area contributed by atoms with Crippen molar-refractivity contribution in [3.8, 4) is 5.75 Å². The van der Waals surface area contributed by atoms with Crippen molar-refractivity contribution in [2.75, 3.05) is 33.4 Å². The maximum Gasteiger partial charge on any atom is 0.335 e. The highest BCUT2D eigenvalue weighted by atomic mass is 32.2. The molecule has 0 aromatic heterocycles. The Morgan fingerprint density at radius 1 is 1.41 bits per heavy atom. The predicted molar refractivity (Wildman–Crippen MR) is 76.6 cm³/mol. The molecule has 0 saturated carbocycles. The van der Waals surface area contributed by atoms with E-state index in [-0.39, 0.29) is 21.6 Å². The minimum absolute atomic E-state index is 0.00251. The summed E-state index contributed by atoms with van der Waals surface area (Å²) in [6, 6.07) is 3.80. The fourth-order valence-corrected chi connectivity index (χ4v) is 4.57. The smallest absolute Gasteiger partial charge is 0.335 e. The number of hydrogen-bond donors (Lipinski definition) is 1. The number of hydrogen-bond acceptors (Lipinski definition) is 5. The lowest BCUT2D eigenvalue weighted by Gasteiger charge is -2.37. The Bertz CT molecular complexity index is 710. The fourth-order valence-electron chi connectivity index (χ4n) is 2.88. The van der Waals surface area contributed by atoms with Crippen molar-refractivity contribution < 1.29 is 27.8 Å². The minimum Gasteiger partial charge on any atom is -0.495 e. The van der Waals surface area contributed by atoms with Crippen LogP contribution in [0.5, 0.6) is 5.75 Å². The molecule has 22 heavy (non-hydrogen) atoms. The predicted octanol–water partition coefficient (Wildman–Crippen LogP) is 0.804. The lowest BCUT2D eigenvalue weighted by molar-refractivity contribution is -0.102. The Labute approximate surface area is 128 Å². The number of sulfonamides is 1. The standard InChI is InChI=1S/C14H17NO6S/c1-20-11-6-10(13(16)17)2-3-12(11)22(18,19)15-5-4-14(7-15)8-21-9-14/h2-3,6H,4-5,7-9H2,1H3,(H,16,17). The van der Waals surface area contributed by atoms with Crippen LogP contribution in [0.4, 0.5) is 0 Å². The number of carboxylic acid groups (broad SMARTS) is 1. The van der Waals surface area contributed by atoms with E-state index in [4.69, 9.17) is 14.6 Å². The molecule has 0 aliphatic carbocycles. The van der Waals surface area contributed by atoms with Crippen LogP contribution in [-0.2, 0) is 14.8 Å². The average Bonchev–Trinajstić information content (AvgIpc) is 2.92. The van der Waals surface area contributed by atoms with E-state index in [2.05, 4.69) is 0 Å². The van der Waals surface area contributed by atoms with E-state index in [1.165, 1.54) is 29.6 Å². The van der Waals surface area contributed by atoms with E-state index in [9.17, 15) is 13.2 Å². The van der Waals surface area contributed by atoms with Gasteiger partial charge in [0.1, 0.15) is 10.6 Å². The fraction of sp³-hybridized carbons (Fsp3) is 0.500. The molecule has 3 rings (SSSR count). The Kier molecular flexibility index (Phi) is 3.62. The maximum absolute atomic E-state index is 12.8. The lowest BCUT2D eigenvalue weighted by Crippen LogP contribution is -2.45. The molecule has 0 atom stereocenters. The summed E-state index contributed by atoms with van der Waals surface area (Å²) in [5.74, 6) is -1.08. The van der Waals surface area contributed by atoms with Gasteiger partial charge in [0.15, 0.2) is 0 Å². The molecule has 0 unspecified atom stereocenters. The van der Waals surface area contributed by atoms with E-state index in [1.54, 1.807) is 0 Å². The molecule has 0 amide bonds. The number of nitrogens with zero attached hydrogens (tertiary/aromatic N) is 1. The number of methoxy groups -OCH3 is 1. The molecule has 0 bridgehead atoms. The Hall–Kier alpha value is -1.64. The summed E-state index contributed by atoms with van der Waals surface area (Å²) in [5, 5.41) is 8.99. The zero-order chi connectivity index (χ0) is 16.0. The van der Waals surface area contributed by atoms with Gasteiger partial charge in [-0.3, -0.25) is 0 Å². The maximum atomic E-state index is 12.8. The Morgan fingerprint density at radius 3 is 2.64 bits per heavy atom. The lowest BCUT2D eigenvalue weighted by atomic mass is 9.86. The summed E-state index contributed by atoms with van der Waals surface area (Å²) in [7, 11) is -2.39. The molecular formula is C14H17NO6S. The van der Waals surface area contributed by atoms with Crippen LogP contribution in [0, 0.1) is 5.41 Å². The normalized spacial score (nSPS) is 20.8. The Morgan fingerprint density at radius 2 is 2.14 bits per heavy atom. The van der Waals surface area contributed by atoms with Gasteiger partial charge in [-0.15, -0.1) is 0 Å². The van der Waals surface area contributed by atoms with E-state index < -0.39 is 16.0 Å². The third-order valence-electron chi connectivity index (χ3n) is 4.25. The first-order valence-corrected chi connectivity index (χ1v) is 8.31. The topological polar surface area (TPSA) is 93.1 Å². The van der Waals surface area contributed by atoms with Crippen LogP contribution < -0.4 is 4.74 Å². The van der Waals surface area contributed by atoms with E-state index >= 15 is 0 Å². The SMILES string of the molecule is COc1cc(C(=O)O)ccc1S(=O)(=O)N1CCC2(COC2)C1. The van der Waals surface area contributed by atoms with E-state index in [0.717, 1.165) is 6.42 Å². The number of aromatic carboxylic acids is 1. The van der Waals surface area contributed by atoms with Gasteiger partial charge in [0.25, 0.3) is 0 Å². The summed E-state index contributed by atoms with van der Waals surface area (Å²) in [5.41, 5.74) is -0.0671. The number of carbonyl (C=O) groups is 1. The summed E-state index contributed by atoms with van der Waals surface area (Å²) in [6.45, 7) is 2.05. The van der Waals surface area contributed by atoms with Crippen molar-refractivity contribution in [3.05, 3.63) is 23.8 Å². The van der Waals surface area contributed by atoms with Crippen molar-refractivity contribution in [2.45, 2.75) is 11.3 Å². The Balaban J connectivity index is 1.93. The molecule has 2 heterocycles. The highest BCUT2D eigenvalue weighted by molar-refractivity contribution is 7.89.